The molecule has 0 unspecified atom stereocenters. The lowest BCUT2D eigenvalue weighted by Crippen LogP contribution is -2.46. The van der Waals surface area contributed by atoms with Gasteiger partial charge in [0.15, 0.2) is 5.82 Å². The lowest BCUT2D eigenvalue weighted by molar-refractivity contribution is 0.209. The van der Waals surface area contributed by atoms with Crippen molar-refractivity contribution in [3.8, 4) is 0 Å². The Morgan fingerprint density at radius 3 is 3.10 bits per heavy atom. The molecule has 0 spiro atoms. The Morgan fingerprint density at radius 1 is 1.48 bits per heavy atom. The summed E-state index contributed by atoms with van der Waals surface area (Å²) in [7, 11) is 2.21. The molecule has 112 valence electrons. The minimum Gasteiger partial charge on any atom is -0.354 e. The molecule has 0 amide bonds. The average molecular weight is 303 g/mol. The molecule has 1 saturated heterocycles. The van der Waals surface area contributed by atoms with Crippen molar-refractivity contribution < 1.29 is 0 Å². The van der Waals surface area contributed by atoms with Gasteiger partial charge in [-0.25, -0.2) is 4.98 Å². The summed E-state index contributed by atoms with van der Waals surface area (Å²) in [5.74, 6) is 0.990. The van der Waals surface area contributed by atoms with Crippen molar-refractivity contribution in [1.29, 1.82) is 0 Å². The van der Waals surface area contributed by atoms with Crippen molar-refractivity contribution in [1.82, 2.24) is 20.1 Å². The summed E-state index contributed by atoms with van der Waals surface area (Å²) in [6.07, 6.45) is 6.17. The number of anilines is 1. The van der Waals surface area contributed by atoms with Crippen LogP contribution in [0.3, 0.4) is 0 Å². The van der Waals surface area contributed by atoms with E-state index in [9.17, 15) is 0 Å². The molecular formula is C15H21N5S. The lowest BCUT2D eigenvalue weighted by atomic mass is 10.0. The van der Waals surface area contributed by atoms with Gasteiger partial charge >= 0.3 is 0 Å². The summed E-state index contributed by atoms with van der Waals surface area (Å²) < 4.78 is 0. The van der Waals surface area contributed by atoms with E-state index in [0.29, 0.717) is 6.04 Å². The number of rotatable bonds is 4. The Kier molecular flexibility index (Phi) is 4.45. The molecule has 0 saturated carbocycles. The van der Waals surface area contributed by atoms with Crippen molar-refractivity contribution in [2.24, 2.45) is 0 Å². The number of aryl methyl sites for hydroxylation is 1. The number of hydrogen-bond donors (Lipinski definition) is 0. The van der Waals surface area contributed by atoms with Crippen LogP contribution in [0, 0.1) is 6.92 Å². The van der Waals surface area contributed by atoms with E-state index in [2.05, 4.69) is 39.0 Å². The molecular weight excluding hydrogens is 282 g/mol. The van der Waals surface area contributed by atoms with Crippen molar-refractivity contribution >= 4 is 17.2 Å². The molecule has 2 aromatic heterocycles. The van der Waals surface area contributed by atoms with E-state index in [4.69, 9.17) is 0 Å². The first-order valence-electron chi connectivity index (χ1n) is 7.36. The second-order valence-electron chi connectivity index (χ2n) is 5.58. The van der Waals surface area contributed by atoms with Crippen molar-refractivity contribution in [3.05, 3.63) is 34.4 Å². The number of piperidine rings is 1. The molecule has 0 N–H and O–H groups in total. The lowest BCUT2D eigenvalue weighted by Gasteiger charge is -2.37. The first-order chi connectivity index (χ1) is 10.2. The molecule has 0 aliphatic carbocycles. The van der Waals surface area contributed by atoms with Crippen molar-refractivity contribution in [2.75, 3.05) is 25.0 Å². The highest BCUT2D eigenvalue weighted by Crippen LogP contribution is 2.22. The number of thiazole rings is 1. The smallest absolute Gasteiger partial charge is 0.151 e. The van der Waals surface area contributed by atoms with E-state index >= 15 is 0 Å². The van der Waals surface area contributed by atoms with Crippen LogP contribution in [0.4, 0.5) is 5.82 Å². The normalized spacial score (nSPS) is 19.2. The van der Waals surface area contributed by atoms with Gasteiger partial charge < -0.3 is 4.90 Å². The Labute approximate surface area is 129 Å². The van der Waals surface area contributed by atoms with Crippen LogP contribution in [0.1, 0.15) is 22.7 Å². The maximum atomic E-state index is 4.34. The fourth-order valence-corrected chi connectivity index (χ4v) is 3.70. The standard InChI is InChI=1S/C15H21N5S/c1-12-16-9-14(21-12)11-19(2)13-5-4-8-20(10-13)15-6-3-7-17-18-15/h3,6-7,9,13H,4-5,8,10-11H2,1-2H3/t13-/m1/s1. The Hall–Kier alpha value is -1.53. The second-order valence-corrected chi connectivity index (χ2v) is 6.90. The highest BCUT2D eigenvalue weighted by molar-refractivity contribution is 7.11. The number of hydrogen-bond acceptors (Lipinski definition) is 6. The van der Waals surface area contributed by atoms with Gasteiger partial charge in [0, 0.05) is 42.9 Å². The van der Waals surface area contributed by atoms with Crippen LogP contribution in [-0.4, -0.2) is 46.3 Å². The maximum absolute atomic E-state index is 4.34. The van der Waals surface area contributed by atoms with Crippen LogP contribution in [-0.2, 0) is 6.54 Å². The van der Waals surface area contributed by atoms with Gasteiger partial charge in [0.25, 0.3) is 0 Å². The van der Waals surface area contributed by atoms with Gasteiger partial charge in [-0.1, -0.05) is 0 Å². The average Bonchev–Trinajstić information content (AvgIpc) is 2.93. The van der Waals surface area contributed by atoms with Gasteiger partial charge in [0.2, 0.25) is 0 Å². The van der Waals surface area contributed by atoms with Gasteiger partial charge in [0.05, 0.1) is 5.01 Å². The fourth-order valence-electron chi connectivity index (χ4n) is 2.84. The van der Waals surface area contributed by atoms with Gasteiger partial charge in [-0.05, 0) is 38.9 Å². The Bertz CT molecular complexity index is 570. The van der Waals surface area contributed by atoms with E-state index in [1.165, 1.54) is 17.7 Å². The van der Waals surface area contributed by atoms with E-state index in [0.717, 1.165) is 30.5 Å². The number of likely N-dealkylation sites (N-methyl/N-ethyl adjacent to an activating group) is 1. The minimum atomic E-state index is 0.558. The van der Waals surface area contributed by atoms with Gasteiger partial charge in [0.1, 0.15) is 0 Å². The van der Waals surface area contributed by atoms with E-state index in [-0.39, 0.29) is 0 Å². The first-order valence-corrected chi connectivity index (χ1v) is 8.18. The van der Waals surface area contributed by atoms with Gasteiger partial charge in [-0.2, -0.15) is 5.10 Å². The minimum absolute atomic E-state index is 0.558. The summed E-state index contributed by atoms with van der Waals surface area (Å²) in [5.41, 5.74) is 0. The molecule has 0 aromatic carbocycles. The second kappa shape index (κ2) is 6.49. The third-order valence-electron chi connectivity index (χ3n) is 3.98. The molecule has 6 heteroatoms. The summed E-state index contributed by atoms with van der Waals surface area (Å²) in [6.45, 7) is 5.13. The molecule has 1 aliphatic heterocycles. The maximum Gasteiger partial charge on any atom is 0.151 e. The zero-order valence-electron chi connectivity index (χ0n) is 12.6. The highest BCUT2D eigenvalue weighted by Gasteiger charge is 2.24. The highest BCUT2D eigenvalue weighted by atomic mass is 32.1. The first kappa shape index (κ1) is 14.4. The van der Waals surface area contributed by atoms with Gasteiger partial charge in [-0.15, -0.1) is 16.4 Å². The van der Waals surface area contributed by atoms with Crippen LogP contribution in [0.15, 0.2) is 24.5 Å². The topological polar surface area (TPSA) is 45.2 Å². The van der Waals surface area contributed by atoms with Crippen LogP contribution >= 0.6 is 11.3 Å². The molecule has 5 nitrogen and oxygen atoms in total. The summed E-state index contributed by atoms with van der Waals surface area (Å²) in [5, 5.41) is 9.36. The largest absolute Gasteiger partial charge is 0.354 e. The molecule has 1 aliphatic rings. The molecule has 21 heavy (non-hydrogen) atoms. The van der Waals surface area contributed by atoms with Crippen molar-refractivity contribution in [2.45, 2.75) is 32.4 Å². The van der Waals surface area contributed by atoms with E-state index in [1.807, 2.05) is 18.3 Å². The summed E-state index contributed by atoms with van der Waals surface area (Å²) >= 11 is 1.79. The molecule has 1 atom stereocenters. The molecule has 3 heterocycles. The van der Waals surface area contributed by atoms with Crippen LogP contribution in [0.25, 0.3) is 0 Å². The summed E-state index contributed by atoms with van der Waals surface area (Å²) in [4.78, 5) is 10.5. The van der Waals surface area contributed by atoms with E-state index in [1.54, 1.807) is 17.5 Å². The number of aromatic nitrogens is 3. The van der Waals surface area contributed by atoms with Crippen LogP contribution < -0.4 is 4.90 Å². The predicted octanol–water partition coefficient (Wildman–Crippen LogP) is 2.34. The monoisotopic (exact) mass is 303 g/mol. The van der Waals surface area contributed by atoms with Gasteiger partial charge in [-0.3, -0.25) is 4.90 Å². The van der Waals surface area contributed by atoms with E-state index < -0.39 is 0 Å². The number of nitrogens with zero attached hydrogens (tertiary/aromatic N) is 5. The predicted molar refractivity (Wildman–Crippen MR) is 85.6 cm³/mol. The zero-order valence-corrected chi connectivity index (χ0v) is 13.4. The molecule has 0 radical (unpaired) electrons. The Morgan fingerprint density at radius 2 is 2.38 bits per heavy atom. The SMILES string of the molecule is Cc1ncc(CN(C)[C@@H]2CCCN(c3cccnn3)C2)s1. The molecule has 2 aromatic rings. The Balaban J connectivity index is 1.62. The zero-order chi connectivity index (χ0) is 14.7. The molecule has 3 rings (SSSR count). The fraction of sp³-hybridized carbons (Fsp3) is 0.533. The van der Waals surface area contributed by atoms with Crippen molar-refractivity contribution in [3.63, 3.8) is 0 Å². The summed E-state index contributed by atoms with van der Waals surface area (Å²) in [6, 6.07) is 4.56. The molecule has 0 bridgehead atoms. The quantitative estimate of drug-likeness (QED) is 0.867. The van der Waals surface area contributed by atoms with Crippen LogP contribution in [0.2, 0.25) is 0 Å². The van der Waals surface area contributed by atoms with Crippen LogP contribution in [0.5, 0.6) is 0 Å². The third-order valence-corrected chi connectivity index (χ3v) is 4.87. The third kappa shape index (κ3) is 3.57. The molecule has 1 fully saturated rings.